The first-order valence-electron chi connectivity index (χ1n) is 7.15. The predicted molar refractivity (Wildman–Crippen MR) is 81.1 cm³/mol. The highest BCUT2D eigenvalue weighted by Gasteiger charge is 2.35. The highest BCUT2D eigenvalue weighted by Crippen LogP contribution is 2.27. The fourth-order valence-corrected chi connectivity index (χ4v) is 5.20. The Morgan fingerprint density at radius 1 is 1.05 bits per heavy atom. The van der Waals surface area contributed by atoms with Gasteiger partial charge in [-0.1, -0.05) is 6.07 Å². The van der Waals surface area contributed by atoms with E-state index in [1.807, 2.05) is 0 Å². The van der Waals surface area contributed by atoms with Crippen LogP contribution in [0.4, 0.5) is 0 Å². The molecule has 2 aliphatic heterocycles. The lowest BCUT2D eigenvalue weighted by Crippen LogP contribution is -2.47. The number of hydrogen-bond donors (Lipinski definition) is 3. The lowest BCUT2D eigenvalue weighted by molar-refractivity contribution is 0.345. The Morgan fingerprint density at radius 2 is 1.64 bits per heavy atom. The highest BCUT2D eigenvalue weighted by molar-refractivity contribution is 7.90. The molecule has 2 atom stereocenters. The molecule has 4 N–H and O–H groups in total. The van der Waals surface area contributed by atoms with Crippen LogP contribution in [0.1, 0.15) is 25.7 Å². The fourth-order valence-electron chi connectivity index (χ4n) is 3.26. The Balaban J connectivity index is 1.81. The minimum absolute atomic E-state index is 0.0788. The van der Waals surface area contributed by atoms with Gasteiger partial charge in [-0.05, 0) is 43.9 Å². The van der Waals surface area contributed by atoms with Gasteiger partial charge in [0.1, 0.15) is 0 Å². The van der Waals surface area contributed by atoms with E-state index in [2.05, 4.69) is 10.0 Å². The standard InChI is InChI=1S/C13H19N3O4S2/c14-21(17,18)12-2-1-3-13(8-12)22(19,20)16-11-6-9-4-5-10(7-11)15-9/h1-3,8-11,15-16H,4-7H2,(H2,14,17,18). The minimum Gasteiger partial charge on any atom is -0.311 e. The fraction of sp³-hybridized carbons (Fsp3) is 0.538. The average Bonchev–Trinajstić information content (AvgIpc) is 2.77. The summed E-state index contributed by atoms with van der Waals surface area (Å²) in [5, 5.41) is 8.49. The largest absolute Gasteiger partial charge is 0.311 e. The molecule has 2 bridgehead atoms. The summed E-state index contributed by atoms with van der Waals surface area (Å²) in [5.41, 5.74) is 0. The Morgan fingerprint density at radius 3 is 2.23 bits per heavy atom. The summed E-state index contributed by atoms with van der Waals surface area (Å²) >= 11 is 0. The van der Waals surface area contributed by atoms with Gasteiger partial charge in [-0.25, -0.2) is 26.7 Å². The van der Waals surface area contributed by atoms with Crippen LogP contribution in [0, 0.1) is 0 Å². The zero-order valence-electron chi connectivity index (χ0n) is 11.9. The number of rotatable bonds is 4. The molecular weight excluding hydrogens is 326 g/mol. The van der Waals surface area contributed by atoms with Gasteiger partial charge in [-0.3, -0.25) is 0 Å². The van der Waals surface area contributed by atoms with Crippen molar-refractivity contribution in [2.24, 2.45) is 5.14 Å². The molecule has 0 saturated carbocycles. The van der Waals surface area contributed by atoms with Crippen LogP contribution in [0.5, 0.6) is 0 Å². The normalized spacial score (nSPS) is 28.7. The summed E-state index contributed by atoms with van der Waals surface area (Å²) in [6, 6.07) is 5.71. The molecule has 2 unspecified atom stereocenters. The van der Waals surface area contributed by atoms with Crippen LogP contribution in [0.3, 0.4) is 0 Å². The number of nitrogens with two attached hydrogens (primary N) is 1. The van der Waals surface area contributed by atoms with E-state index >= 15 is 0 Å². The second-order valence-corrected chi connectivity index (χ2v) is 9.22. The van der Waals surface area contributed by atoms with Gasteiger partial charge in [-0.15, -0.1) is 0 Å². The van der Waals surface area contributed by atoms with Gasteiger partial charge in [0.25, 0.3) is 0 Å². The van der Waals surface area contributed by atoms with Crippen molar-refractivity contribution < 1.29 is 16.8 Å². The summed E-state index contributed by atoms with van der Waals surface area (Å²) in [6.07, 6.45) is 3.66. The molecule has 9 heteroatoms. The average molecular weight is 345 g/mol. The van der Waals surface area contributed by atoms with Crippen molar-refractivity contribution in [3.63, 3.8) is 0 Å². The van der Waals surface area contributed by atoms with Crippen LogP contribution in [0.15, 0.2) is 34.1 Å². The van der Waals surface area contributed by atoms with Crippen LogP contribution in [-0.2, 0) is 20.0 Å². The molecule has 2 heterocycles. The van der Waals surface area contributed by atoms with Gasteiger partial charge in [0.2, 0.25) is 20.0 Å². The number of hydrogen-bond acceptors (Lipinski definition) is 5. The van der Waals surface area contributed by atoms with Crippen molar-refractivity contribution in [2.75, 3.05) is 0 Å². The number of piperidine rings is 1. The van der Waals surface area contributed by atoms with Crippen LogP contribution in [0.25, 0.3) is 0 Å². The molecule has 1 aromatic rings. The van der Waals surface area contributed by atoms with Crippen molar-refractivity contribution in [1.29, 1.82) is 0 Å². The molecule has 22 heavy (non-hydrogen) atoms. The Hall–Kier alpha value is -1.00. The van der Waals surface area contributed by atoms with Gasteiger partial charge in [0.05, 0.1) is 9.79 Å². The number of sulfonamides is 2. The Kier molecular flexibility index (Phi) is 4.02. The number of benzene rings is 1. The summed E-state index contributed by atoms with van der Waals surface area (Å²) in [4.78, 5) is -0.286. The molecule has 1 aromatic carbocycles. The molecule has 2 aliphatic rings. The molecule has 3 rings (SSSR count). The summed E-state index contributed by atoms with van der Waals surface area (Å²) in [5.74, 6) is 0. The highest BCUT2D eigenvalue weighted by atomic mass is 32.2. The first-order chi connectivity index (χ1) is 10.2. The topological polar surface area (TPSA) is 118 Å². The second kappa shape index (κ2) is 5.57. The number of primary sulfonamides is 1. The predicted octanol–water partition coefficient (Wildman–Crippen LogP) is -0.105. The molecule has 122 valence electrons. The zero-order valence-corrected chi connectivity index (χ0v) is 13.5. The van der Waals surface area contributed by atoms with E-state index in [4.69, 9.17) is 5.14 Å². The second-order valence-electron chi connectivity index (χ2n) is 5.95. The van der Waals surface area contributed by atoms with Crippen molar-refractivity contribution in [3.8, 4) is 0 Å². The van der Waals surface area contributed by atoms with E-state index in [0.717, 1.165) is 31.7 Å². The van der Waals surface area contributed by atoms with Gasteiger partial charge >= 0.3 is 0 Å². The molecular formula is C13H19N3O4S2. The maximum Gasteiger partial charge on any atom is 0.240 e. The van der Waals surface area contributed by atoms with E-state index in [1.54, 1.807) is 0 Å². The van der Waals surface area contributed by atoms with Crippen molar-refractivity contribution in [3.05, 3.63) is 24.3 Å². The van der Waals surface area contributed by atoms with Crippen molar-refractivity contribution >= 4 is 20.0 Å². The quantitative estimate of drug-likeness (QED) is 0.704. The summed E-state index contributed by atoms with van der Waals surface area (Å²) in [6.45, 7) is 0. The molecule has 0 aromatic heterocycles. The van der Waals surface area contributed by atoms with Crippen LogP contribution < -0.4 is 15.2 Å². The Bertz CT molecular complexity index is 764. The molecule has 2 fully saturated rings. The minimum atomic E-state index is -3.93. The van der Waals surface area contributed by atoms with E-state index in [9.17, 15) is 16.8 Å². The van der Waals surface area contributed by atoms with Crippen LogP contribution in [0.2, 0.25) is 0 Å². The van der Waals surface area contributed by atoms with Gasteiger partial charge in [-0.2, -0.15) is 0 Å². The number of fused-ring (bicyclic) bond motifs is 2. The summed E-state index contributed by atoms with van der Waals surface area (Å²) in [7, 11) is -7.69. The molecule has 0 spiro atoms. The van der Waals surface area contributed by atoms with E-state index < -0.39 is 20.0 Å². The lowest BCUT2D eigenvalue weighted by atomic mass is 10.0. The maximum atomic E-state index is 12.4. The zero-order chi connectivity index (χ0) is 16.0. The van der Waals surface area contributed by atoms with Crippen molar-refractivity contribution in [1.82, 2.24) is 10.0 Å². The third-order valence-corrected chi connectivity index (χ3v) is 6.67. The van der Waals surface area contributed by atoms with Crippen LogP contribution in [-0.4, -0.2) is 35.0 Å². The molecule has 0 aliphatic carbocycles. The van der Waals surface area contributed by atoms with Gasteiger partial charge in [0.15, 0.2) is 0 Å². The SMILES string of the molecule is NS(=O)(=O)c1cccc(S(=O)(=O)NC2CC3CCC(C2)N3)c1. The first kappa shape index (κ1) is 15.9. The van der Waals surface area contributed by atoms with E-state index in [0.29, 0.717) is 12.1 Å². The number of nitrogens with one attached hydrogen (secondary N) is 2. The lowest BCUT2D eigenvalue weighted by Gasteiger charge is -2.29. The molecule has 0 radical (unpaired) electrons. The van der Waals surface area contributed by atoms with E-state index in [1.165, 1.54) is 18.2 Å². The third-order valence-electron chi connectivity index (χ3n) is 4.24. The molecule has 0 amide bonds. The third kappa shape index (κ3) is 3.33. The van der Waals surface area contributed by atoms with Crippen molar-refractivity contribution in [2.45, 2.75) is 53.6 Å². The first-order valence-corrected chi connectivity index (χ1v) is 10.2. The summed E-state index contributed by atoms with van der Waals surface area (Å²) < 4.78 is 50.3. The monoisotopic (exact) mass is 345 g/mol. The molecule has 7 nitrogen and oxygen atoms in total. The van der Waals surface area contributed by atoms with Crippen LogP contribution >= 0.6 is 0 Å². The Labute approximate surface area is 130 Å². The molecule has 2 saturated heterocycles. The van der Waals surface area contributed by atoms with Gasteiger partial charge in [0, 0.05) is 18.1 Å². The smallest absolute Gasteiger partial charge is 0.240 e. The van der Waals surface area contributed by atoms with E-state index in [-0.39, 0.29) is 15.8 Å². The maximum absolute atomic E-state index is 12.4. The van der Waals surface area contributed by atoms with Gasteiger partial charge < -0.3 is 5.32 Å².